The van der Waals surface area contributed by atoms with Crippen molar-refractivity contribution in [3.63, 3.8) is 0 Å². The molecule has 0 atom stereocenters. The summed E-state index contributed by atoms with van der Waals surface area (Å²) in [4.78, 5) is 0. The van der Waals surface area contributed by atoms with Gasteiger partial charge in [0.25, 0.3) is 0 Å². The second-order valence-electron chi connectivity index (χ2n) is 5.28. The van der Waals surface area contributed by atoms with E-state index in [1.54, 1.807) is 0 Å². The number of fused-ring (bicyclic) bond motifs is 1. The molecule has 0 unspecified atom stereocenters. The zero-order valence-electron chi connectivity index (χ0n) is 10.5. The van der Waals surface area contributed by atoms with Crippen molar-refractivity contribution in [2.75, 3.05) is 0 Å². The molecule has 0 fully saturated rings. The van der Waals surface area contributed by atoms with Gasteiger partial charge in [0.15, 0.2) is 0 Å². The number of aromatic nitrogens is 1. The molecule has 2 nitrogen and oxygen atoms in total. The van der Waals surface area contributed by atoms with Crippen LogP contribution in [0, 0.1) is 0 Å². The summed E-state index contributed by atoms with van der Waals surface area (Å²) in [6.07, 6.45) is 2.14. The molecule has 1 aromatic heterocycles. The molecule has 0 aliphatic carbocycles. The topological polar surface area (TPSA) is 30.9 Å². The Morgan fingerprint density at radius 1 is 1.19 bits per heavy atom. The lowest BCUT2D eigenvalue weighted by molar-refractivity contribution is 0.549. The molecule has 0 bridgehead atoms. The van der Waals surface area contributed by atoms with Gasteiger partial charge in [0.1, 0.15) is 0 Å². The molecule has 16 heavy (non-hydrogen) atoms. The predicted octanol–water partition coefficient (Wildman–Crippen LogP) is 3.42. The van der Waals surface area contributed by atoms with E-state index in [0.717, 1.165) is 0 Å². The molecule has 1 heterocycles. The average molecular weight is 216 g/mol. The fraction of sp³-hybridized carbons (Fsp3) is 0.429. The highest BCUT2D eigenvalue weighted by Gasteiger charge is 2.19. The van der Waals surface area contributed by atoms with Crippen molar-refractivity contribution in [2.24, 2.45) is 5.73 Å². The minimum atomic E-state index is -0.301. The van der Waals surface area contributed by atoms with Crippen LogP contribution < -0.4 is 5.73 Å². The van der Waals surface area contributed by atoms with Crippen LogP contribution in [-0.4, -0.2) is 4.57 Å². The molecule has 2 rings (SSSR count). The maximum Gasteiger partial charge on any atom is 0.0533 e. The highest BCUT2D eigenvalue weighted by molar-refractivity contribution is 5.84. The van der Waals surface area contributed by atoms with E-state index < -0.39 is 0 Å². The summed E-state index contributed by atoms with van der Waals surface area (Å²) in [6, 6.07) is 8.97. The molecular formula is C14H20N2. The first-order valence-electron chi connectivity index (χ1n) is 5.80. The summed E-state index contributed by atoms with van der Waals surface area (Å²) in [5.41, 5.74) is 8.42. The molecule has 1 aromatic carbocycles. The van der Waals surface area contributed by atoms with E-state index in [1.165, 1.54) is 16.5 Å². The lowest BCUT2D eigenvalue weighted by Crippen LogP contribution is -2.29. The van der Waals surface area contributed by atoms with E-state index >= 15 is 0 Å². The number of hydrogen-bond acceptors (Lipinski definition) is 1. The lowest BCUT2D eigenvalue weighted by Gasteiger charge is -2.22. The Balaban J connectivity index is 2.79. The Bertz CT molecular complexity index is 501. The van der Waals surface area contributed by atoms with E-state index in [1.807, 2.05) is 0 Å². The molecule has 0 amide bonds. The molecule has 0 saturated carbocycles. The highest BCUT2D eigenvalue weighted by Crippen LogP contribution is 2.29. The van der Waals surface area contributed by atoms with Gasteiger partial charge in [-0.3, -0.25) is 0 Å². The third-order valence-electron chi connectivity index (χ3n) is 2.99. The second-order valence-corrected chi connectivity index (χ2v) is 5.28. The summed E-state index contributed by atoms with van der Waals surface area (Å²) < 4.78 is 2.29. The summed E-state index contributed by atoms with van der Waals surface area (Å²) in [6.45, 7) is 8.50. The van der Waals surface area contributed by atoms with Gasteiger partial charge in [-0.05, 0) is 44.7 Å². The van der Waals surface area contributed by atoms with Crippen LogP contribution in [0.15, 0.2) is 30.5 Å². The van der Waals surface area contributed by atoms with E-state index in [-0.39, 0.29) is 5.54 Å². The van der Waals surface area contributed by atoms with E-state index in [9.17, 15) is 0 Å². The van der Waals surface area contributed by atoms with Crippen LogP contribution in [-0.2, 0) is 5.54 Å². The van der Waals surface area contributed by atoms with Gasteiger partial charge in [0, 0.05) is 17.8 Å². The SMILES string of the molecule is CC(C)n1ccc2cccc(C(C)(C)N)c21. The zero-order chi connectivity index (χ0) is 11.9. The van der Waals surface area contributed by atoms with Crippen molar-refractivity contribution in [1.29, 1.82) is 0 Å². The molecule has 0 saturated heterocycles. The molecular weight excluding hydrogens is 196 g/mol. The first kappa shape index (κ1) is 11.2. The summed E-state index contributed by atoms with van der Waals surface area (Å²) >= 11 is 0. The maximum absolute atomic E-state index is 6.24. The van der Waals surface area contributed by atoms with Crippen LogP contribution >= 0.6 is 0 Å². The van der Waals surface area contributed by atoms with Crippen molar-refractivity contribution in [1.82, 2.24) is 4.57 Å². The molecule has 2 heteroatoms. The van der Waals surface area contributed by atoms with Crippen molar-refractivity contribution in [2.45, 2.75) is 39.3 Å². The van der Waals surface area contributed by atoms with Gasteiger partial charge in [0.05, 0.1) is 5.52 Å². The standard InChI is InChI=1S/C14H20N2/c1-10(2)16-9-8-11-6-5-7-12(13(11)16)14(3,4)15/h5-10H,15H2,1-4H3. The van der Waals surface area contributed by atoms with E-state index in [2.05, 4.69) is 62.7 Å². The predicted molar refractivity (Wildman–Crippen MR) is 69.5 cm³/mol. The van der Waals surface area contributed by atoms with Crippen molar-refractivity contribution in [3.05, 3.63) is 36.0 Å². The van der Waals surface area contributed by atoms with Gasteiger partial charge in [-0.1, -0.05) is 18.2 Å². The number of hydrogen-bond donors (Lipinski definition) is 1. The number of para-hydroxylation sites is 1. The van der Waals surface area contributed by atoms with Gasteiger partial charge in [-0.15, -0.1) is 0 Å². The number of nitrogens with zero attached hydrogens (tertiary/aromatic N) is 1. The third-order valence-corrected chi connectivity index (χ3v) is 2.99. The van der Waals surface area contributed by atoms with Crippen molar-refractivity contribution in [3.8, 4) is 0 Å². The van der Waals surface area contributed by atoms with Crippen LogP contribution in [0.1, 0.15) is 39.3 Å². The second kappa shape index (κ2) is 3.63. The summed E-state index contributed by atoms with van der Waals surface area (Å²) in [5, 5.41) is 1.27. The smallest absolute Gasteiger partial charge is 0.0533 e. The van der Waals surface area contributed by atoms with Crippen LogP contribution in [0.4, 0.5) is 0 Å². The number of benzene rings is 1. The molecule has 0 aliphatic rings. The Morgan fingerprint density at radius 3 is 2.44 bits per heavy atom. The molecule has 2 N–H and O–H groups in total. The van der Waals surface area contributed by atoms with Crippen LogP contribution in [0.5, 0.6) is 0 Å². The monoisotopic (exact) mass is 216 g/mol. The van der Waals surface area contributed by atoms with Gasteiger partial charge < -0.3 is 10.3 Å². The highest BCUT2D eigenvalue weighted by atomic mass is 15.0. The van der Waals surface area contributed by atoms with Gasteiger partial charge in [-0.25, -0.2) is 0 Å². The Kier molecular flexibility index (Phi) is 2.55. The normalized spacial score (nSPS) is 12.6. The third kappa shape index (κ3) is 1.74. The van der Waals surface area contributed by atoms with Gasteiger partial charge >= 0.3 is 0 Å². The lowest BCUT2D eigenvalue weighted by atomic mass is 9.93. The molecule has 86 valence electrons. The minimum Gasteiger partial charge on any atom is -0.345 e. The molecule has 2 aromatic rings. The van der Waals surface area contributed by atoms with E-state index in [0.29, 0.717) is 6.04 Å². The van der Waals surface area contributed by atoms with E-state index in [4.69, 9.17) is 5.73 Å². The average Bonchev–Trinajstić information content (AvgIpc) is 2.58. The van der Waals surface area contributed by atoms with Gasteiger partial charge in [0.2, 0.25) is 0 Å². The Hall–Kier alpha value is -1.28. The first-order chi connectivity index (χ1) is 7.41. The molecule has 0 spiro atoms. The number of rotatable bonds is 2. The van der Waals surface area contributed by atoms with Crippen LogP contribution in [0.25, 0.3) is 10.9 Å². The van der Waals surface area contributed by atoms with Crippen molar-refractivity contribution >= 4 is 10.9 Å². The summed E-state index contributed by atoms with van der Waals surface area (Å²) in [5.74, 6) is 0. The Labute approximate surface area is 97.1 Å². The quantitative estimate of drug-likeness (QED) is 0.819. The fourth-order valence-electron chi connectivity index (χ4n) is 2.17. The largest absolute Gasteiger partial charge is 0.345 e. The van der Waals surface area contributed by atoms with Gasteiger partial charge in [-0.2, -0.15) is 0 Å². The van der Waals surface area contributed by atoms with Crippen LogP contribution in [0.3, 0.4) is 0 Å². The zero-order valence-corrected chi connectivity index (χ0v) is 10.5. The number of nitrogens with two attached hydrogens (primary N) is 1. The van der Waals surface area contributed by atoms with Crippen LogP contribution in [0.2, 0.25) is 0 Å². The summed E-state index contributed by atoms with van der Waals surface area (Å²) in [7, 11) is 0. The Morgan fingerprint density at radius 2 is 1.88 bits per heavy atom. The first-order valence-corrected chi connectivity index (χ1v) is 5.80. The molecule has 0 aliphatic heterocycles. The molecule has 0 radical (unpaired) electrons. The fourth-order valence-corrected chi connectivity index (χ4v) is 2.17. The maximum atomic E-state index is 6.24. The van der Waals surface area contributed by atoms with Crippen molar-refractivity contribution < 1.29 is 0 Å². The minimum absolute atomic E-state index is 0.301.